The normalized spacial score (nSPS) is 12.4. The number of rotatable bonds is 57. The maximum Gasteiger partial charge on any atom is 0.306 e. The summed E-state index contributed by atoms with van der Waals surface area (Å²) >= 11 is 0. The van der Waals surface area contributed by atoms with Crippen molar-refractivity contribution in [3.63, 3.8) is 0 Å². The highest BCUT2D eigenvalue weighted by Crippen LogP contribution is 2.19. The van der Waals surface area contributed by atoms with Crippen LogP contribution in [-0.4, -0.2) is 37.2 Å². The van der Waals surface area contributed by atoms with Crippen LogP contribution in [0.2, 0.25) is 0 Å². The molecule has 2 atom stereocenters. The first-order valence-corrected chi connectivity index (χ1v) is 31.3. The van der Waals surface area contributed by atoms with Gasteiger partial charge in [-0.3, -0.25) is 14.4 Å². The summed E-state index contributed by atoms with van der Waals surface area (Å²) in [5.74, 6) is 0.921. The molecule has 410 valence electrons. The van der Waals surface area contributed by atoms with Crippen molar-refractivity contribution in [3.8, 4) is 0 Å². The molecular weight excluding hydrogens is 853 g/mol. The summed E-state index contributed by atoms with van der Waals surface area (Å²) < 4.78 is 16.9. The Labute approximate surface area is 431 Å². The van der Waals surface area contributed by atoms with Crippen LogP contribution in [0.15, 0.2) is 0 Å². The van der Waals surface area contributed by atoms with E-state index in [1.54, 1.807) is 0 Å². The van der Waals surface area contributed by atoms with Crippen molar-refractivity contribution >= 4 is 17.9 Å². The summed E-state index contributed by atoms with van der Waals surface area (Å²) in [6.07, 6.45) is 61.0. The molecule has 0 saturated carbocycles. The Hall–Kier alpha value is -1.59. The van der Waals surface area contributed by atoms with Gasteiger partial charge in [-0.2, -0.15) is 0 Å². The van der Waals surface area contributed by atoms with Gasteiger partial charge < -0.3 is 14.2 Å². The SMILES string of the molecule is CCCCCCCCCCCCCCC(=O)O[C@@H](COC(=O)CCCCCCCCCCCCCCCCCCCCC(C)CC)COC(=O)CCCCCCCCCCCCCCCCC(C)C. The zero-order valence-corrected chi connectivity index (χ0v) is 47.5. The number of esters is 3. The van der Waals surface area contributed by atoms with Gasteiger partial charge in [0.05, 0.1) is 0 Å². The molecule has 0 saturated heterocycles. The monoisotopic (exact) mass is 975 g/mol. The molecule has 6 nitrogen and oxygen atoms in total. The van der Waals surface area contributed by atoms with E-state index < -0.39 is 6.10 Å². The molecule has 0 fully saturated rings. The van der Waals surface area contributed by atoms with E-state index in [9.17, 15) is 14.4 Å². The lowest BCUT2D eigenvalue weighted by molar-refractivity contribution is -0.167. The van der Waals surface area contributed by atoms with Crippen LogP contribution in [0.25, 0.3) is 0 Å². The zero-order valence-electron chi connectivity index (χ0n) is 47.5. The summed E-state index contributed by atoms with van der Waals surface area (Å²) in [7, 11) is 0. The number of hydrogen-bond acceptors (Lipinski definition) is 6. The maximum absolute atomic E-state index is 12.8. The van der Waals surface area contributed by atoms with Gasteiger partial charge in [-0.1, -0.05) is 317 Å². The number of ether oxygens (including phenoxy) is 3. The zero-order chi connectivity index (χ0) is 50.4. The summed E-state index contributed by atoms with van der Waals surface area (Å²) in [6, 6.07) is 0. The first-order valence-electron chi connectivity index (χ1n) is 31.3. The van der Waals surface area contributed by atoms with E-state index in [4.69, 9.17) is 14.2 Å². The fourth-order valence-corrected chi connectivity index (χ4v) is 9.73. The topological polar surface area (TPSA) is 78.9 Å². The number of carbonyl (C=O) groups excluding carboxylic acids is 3. The van der Waals surface area contributed by atoms with Gasteiger partial charge in [-0.15, -0.1) is 0 Å². The fourth-order valence-electron chi connectivity index (χ4n) is 9.73. The van der Waals surface area contributed by atoms with E-state index in [0.29, 0.717) is 19.3 Å². The minimum atomic E-state index is -0.763. The van der Waals surface area contributed by atoms with Crippen LogP contribution in [0.4, 0.5) is 0 Å². The predicted octanol–water partition coefficient (Wildman–Crippen LogP) is 20.8. The maximum atomic E-state index is 12.8. The van der Waals surface area contributed by atoms with Crippen LogP contribution >= 0.6 is 0 Å². The van der Waals surface area contributed by atoms with E-state index in [0.717, 1.165) is 69.6 Å². The van der Waals surface area contributed by atoms with Gasteiger partial charge in [-0.25, -0.2) is 0 Å². The second kappa shape index (κ2) is 55.7. The van der Waals surface area contributed by atoms with Gasteiger partial charge in [0, 0.05) is 19.3 Å². The minimum Gasteiger partial charge on any atom is -0.462 e. The van der Waals surface area contributed by atoms with E-state index in [-0.39, 0.29) is 31.1 Å². The number of carbonyl (C=O) groups is 3. The standard InChI is InChI=1S/C63H122O6/c1-6-8-9-10-11-12-13-28-35-40-45-50-55-63(66)69-60(57-68-62(65)54-49-44-39-34-30-25-21-20-22-26-31-36-41-46-51-58(3)4)56-67-61(64)53-48-43-38-33-29-24-19-17-15-14-16-18-23-27-32-37-42-47-52-59(5)7-2/h58-60H,6-57H2,1-5H3/t59?,60-/m0/s1. The highest BCUT2D eigenvalue weighted by atomic mass is 16.6. The molecule has 0 aromatic carbocycles. The molecule has 0 heterocycles. The van der Waals surface area contributed by atoms with Crippen LogP contribution in [0.3, 0.4) is 0 Å². The van der Waals surface area contributed by atoms with Crippen molar-refractivity contribution in [2.24, 2.45) is 11.8 Å². The molecule has 0 aliphatic heterocycles. The molecule has 0 aliphatic carbocycles. The molecule has 0 aliphatic rings. The Bertz CT molecular complexity index is 1060. The average Bonchev–Trinajstić information content (AvgIpc) is 3.34. The van der Waals surface area contributed by atoms with Crippen molar-refractivity contribution in [3.05, 3.63) is 0 Å². The largest absolute Gasteiger partial charge is 0.462 e. The molecule has 0 amide bonds. The first-order chi connectivity index (χ1) is 33.8. The van der Waals surface area contributed by atoms with E-state index in [1.165, 1.54) is 244 Å². The summed E-state index contributed by atoms with van der Waals surface area (Å²) in [5, 5.41) is 0. The van der Waals surface area contributed by atoms with Crippen molar-refractivity contribution in [2.75, 3.05) is 13.2 Å². The lowest BCUT2D eigenvalue weighted by Gasteiger charge is -2.18. The molecule has 0 bridgehead atoms. The van der Waals surface area contributed by atoms with Gasteiger partial charge in [-0.05, 0) is 31.1 Å². The fraction of sp³-hybridized carbons (Fsp3) is 0.952. The Kier molecular flexibility index (Phi) is 54.4. The van der Waals surface area contributed by atoms with Gasteiger partial charge in [0.15, 0.2) is 6.10 Å². The van der Waals surface area contributed by atoms with Gasteiger partial charge in [0.1, 0.15) is 13.2 Å². The highest BCUT2D eigenvalue weighted by Gasteiger charge is 2.19. The van der Waals surface area contributed by atoms with Crippen LogP contribution in [0, 0.1) is 11.8 Å². The van der Waals surface area contributed by atoms with Crippen molar-refractivity contribution < 1.29 is 28.6 Å². The molecule has 0 spiro atoms. The predicted molar refractivity (Wildman–Crippen MR) is 298 cm³/mol. The third kappa shape index (κ3) is 55.6. The lowest BCUT2D eigenvalue weighted by atomic mass is 9.99. The quantitative estimate of drug-likeness (QED) is 0.0343. The molecule has 69 heavy (non-hydrogen) atoms. The summed E-state index contributed by atoms with van der Waals surface area (Å²) in [4.78, 5) is 38.2. The molecular formula is C63H122O6. The van der Waals surface area contributed by atoms with Gasteiger partial charge in [0.2, 0.25) is 0 Å². The van der Waals surface area contributed by atoms with Crippen LogP contribution in [0.5, 0.6) is 0 Å². The average molecular weight is 976 g/mol. The second-order valence-corrected chi connectivity index (χ2v) is 22.4. The Morgan fingerprint density at radius 3 is 0.826 bits per heavy atom. The highest BCUT2D eigenvalue weighted by molar-refractivity contribution is 5.71. The van der Waals surface area contributed by atoms with Crippen molar-refractivity contribution in [1.82, 2.24) is 0 Å². The third-order valence-corrected chi connectivity index (χ3v) is 14.8. The summed E-state index contributed by atoms with van der Waals surface area (Å²) in [6.45, 7) is 11.5. The van der Waals surface area contributed by atoms with E-state index in [2.05, 4.69) is 34.6 Å². The summed E-state index contributed by atoms with van der Waals surface area (Å²) in [5.41, 5.74) is 0. The molecule has 6 heteroatoms. The second-order valence-electron chi connectivity index (χ2n) is 22.4. The first kappa shape index (κ1) is 67.4. The molecule has 0 rings (SSSR count). The van der Waals surface area contributed by atoms with E-state index >= 15 is 0 Å². The number of hydrogen-bond donors (Lipinski definition) is 0. The molecule has 0 N–H and O–H groups in total. The van der Waals surface area contributed by atoms with Gasteiger partial charge in [0.25, 0.3) is 0 Å². The molecule has 0 radical (unpaired) electrons. The Morgan fingerprint density at radius 1 is 0.304 bits per heavy atom. The van der Waals surface area contributed by atoms with Crippen LogP contribution in [-0.2, 0) is 28.6 Å². The molecule has 0 aromatic heterocycles. The van der Waals surface area contributed by atoms with Crippen LogP contribution < -0.4 is 0 Å². The lowest BCUT2D eigenvalue weighted by Crippen LogP contribution is -2.30. The number of unbranched alkanes of at least 4 members (excludes halogenated alkanes) is 41. The van der Waals surface area contributed by atoms with E-state index in [1.807, 2.05) is 0 Å². The molecule has 1 unspecified atom stereocenters. The van der Waals surface area contributed by atoms with Crippen LogP contribution in [0.1, 0.15) is 356 Å². The molecule has 0 aromatic rings. The smallest absolute Gasteiger partial charge is 0.306 e. The Balaban J connectivity index is 4.21. The van der Waals surface area contributed by atoms with Gasteiger partial charge >= 0.3 is 17.9 Å². The third-order valence-electron chi connectivity index (χ3n) is 14.8. The van der Waals surface area contributed by atoms with Crippen molar-refractivity contribution in [1.29, 1.82) is 0 Å². The minimum absolute atomic E-state index is 0.0620. The van der Waals surface area contributed by atoms with Crippen molar-refractivity contribution in [2.45, 2.75) is 362 Å². The Morgan fingerprint density at radius 2 is 0.551 bits per heavy atom.